The number of nitrogens with zero attached hydrogens (tertiary/aromatic N) is 4. The standard InChI is InChI=1S/C27H31N5/c1-18-14-19(2)25(20(3)15-18)30-27-29-23-6-5-7-24(26(23)31(27)4)32(16-21-8-9-21)17-22-10-12-28-13-11-22/h5-7,10-15,21H,8-9,16-17H2,1-4H3,(H,29,30). The smallest absolute Gasteiger partial charge is 0.208 e. The molecule has 0 unspecified atom stereocenters. The summed E-state index contributed by atoms with van der Waals surface area (Å²) in [4.78, 5) is 11.7. The van der Waals surface area contributed by atoms with Gasteiger partial charge in [-0.25, -0.2) is 4.98 Å². The van der Waals surface area contributed by atoms with Crippen molar-refractivity contribution in [2.24, 2.45) is 13.0 Å². The summed E-state index contributed by atoms with van der Waals surface area (Å²) >= 11 is 0. The molecule has 1 aliphatic rings. The molecule has 2 aromatic carbocycles. The Morgan fingerprint density at radius 1 is 1.03 bits per heavy atom. The van der Waals surface area contributed by atoms with Crippen molar-refractivity contribution in [2.45, 2.75) is 40.2 Å². The van der Waals surface area contributed by atoms with Gasteiger partial charge in [-0.3, -0.25) is 4.98 Å². The van der Waals surface area contributed by atoms with Crippen molar-refractivity contribution in [3.63, 3.8) is 0 Å². The Labute approximate surface area is 190 Å². The Morgan fingerprint density at radius 2 is 1.75 bits per heavy atom. The molecule has 5 heteroatoms. The molecule has 0 atom stereocenters. The molecule has 2 aromatic heterocycles. The van der Waals surface area contributed by atoms with Gasteiger partial charge in [-0.15, -0.1) is 0 Å². The Hall–Kier alpha value is -3.34. The molecule has 0 saturated heterocycles. The number of benzene rings is 2. The molecule has 1 aliphatic carbocycles. The number of pyridine rings is 1. The quantitative estimate of drug-likeness (QED) is 0.391. The van der Waals surface area contributed by atoms with Crippen molar-refractivity contribution in [1.82, 2.24) is 14.5 Å². The molecule has 5 nitrogen and oxygen atoms in total. The fourth-order valence-corrected chi connectivity index (χ4v) is 4.67. The maximum Gasteiger partial charge on any atom is 0.208 e. The molecule has 4 aromatic rings. The van der Waals surface area contributed by atoms with Crippen LogP contribution < -0.4 is 10.2 Å². The summed E-state index contributed by atoms with van der Waals surface area (Å²) in [7, 11) is 2.11. The van der Waals surface area contributed by atoms with E-state index < -0.39 is 0 Å². The second-order valence-corrected chi connectivity index (χ2v) is 9.22. The van der Waals surface area contributed by atoms with Crippen LogP contribution >= 0.6 is 0 Å². The molecule has 5 rings (SSSR count). The van der Waals surface area contributed by atoms with Gasteiger partial charge in [-0.1, -0.05) is 23.8 Å². The lowest BCUT2D eigenvalue weighted by Gasteiger charge is -2.26. The second kappa shape index (κ2) is 8.30. The summed E-state index contributed by atoms with van der Waals surface area (Å²) in [6.07, 6.45) is 6.41. The number of para-hydroxylation sites is 1. The molecule has 32 heavy (non-hydrogen) atoms. The number of hydrogen-bond acceptors (Lipinski definition) is 4. The van der Waals surface area contributed by atoms with Gasteiger partial charge in [0.2, 0.25) is 5.95 Å². The lowest BCUT2D eigenvalue weighted by molar-refractivity contribution is 0.722. The maximum atomic E-state index is 4.97. The highest BCUT2D eigenvalue weighted by atomic mass is 15.2. The largest absolute Gasteiger partial charge is 0.365 e. The fourth-order valence-electron chi connectivity index (χ4n) is 4.67. The van der Waals surface area contributed by atoms with Crippen LogP contribution in [0.25, 0.3) is 11.0 Å². The summed E-state index contributed by atoms with van der Waals surface area (Å²) in [5.41, 5.74) is 9.62. The van der Waals surface area contributed by atoms with E-state index in [-0.39, 0.29) is 0 Å². The summed E-state index contributed by atoms with van der Waals surface area (Å²) < 4.78 is 2.20. The number of rotatable bonds is 7. The first-order valence-electron chi connectivity index (χ1n) is 11.4. The van der Waals surface area contributed by atoms with Crippen LogP contribution in [-0.2, 0) is 13.6 Å². The number of hydrogen-bond donors (Lipinski definition) is 1. The van der Waals surface area contributed by atoms with E-state index in [1.807, 2.05) is 12.4 Å². The molecule has 0 radical (unpaired) electrons. The molecule has 1 fully saturated rings. The van der Waals surface area contributed by atoms with Crippen molar-refractivity contribution < 1.29 is 0 Å². The van der Waals surface area contributed by atoms with E-state index in [4.69, 9.17) is 4.98 Å². The average Bonchev–Trinajstić information content (AvgIpc) is 3.53. The molecule has 164 valence electrons. The first-order chi connectivity index (χ1) is 15.5. The third-order valence-electron chi connectivity index (χ3n) is 6.43. The van der Waals surface area contributed by atoms with Crippen LogP contribution in [-0.4, -0.2) is 21.1 Å². The van der Waals surface area contributed by atoms with Crippen molar-refractivity contribution in [3.05, 3.63) is 77.1 Å². The van der Waals surface area contributed by atoms with E-state index >= 15 is 0 Å². The summed E-state index contributed by atoms with van der Waals surface area (Å²) in [5, 5.41) is 3.62. The van der Waals surface area contributed by atoms with Gasteiger partial charge in [0.05, 0.1) is 16.7 Å². The summed E-state index contributed by atoms with van der Waals surface area (Å²) in [5.74, 6) is 1.66. The van der Waals surface area contributed by atoms with Crippen LogP contribution in [0.1, 0.15) is 35.1 Å². The minimum atomic E-state index is 0.788. The Morgan fingerprint density at radius 3 is 2.44 bits per heavy atom. The topological polar surface area (TPSA) is 46.0 Å². The number of imidazole rings is 1. The van der Waals surface area contributed by atoms with Gasteiger partial charge in [-0.2, -0.15) is 0 Å². The van der Waals surface area contributed by atoms with Gasteiger partial charge < -0.3 is 14.8 Å². The predicted octanol–water partition coefficient (Wildman–Crippen LogP) is 6.05. The maximum absolute atomic E-state index is 4.97. The predicted molar refractivity (Wildman–Crippen MR) is 133 cm³/mol. The van der Waals surface area contributed by atoms with Crippen LogP contribution in [0.4, 0.5) is 17.3 Å². The SMILES string of the molecule is Cc1cc(C)c(Nc2nc3cccc(N(Cc4ccncc4)CC4CC4)c3n2C)c(C)c1. The van der Waals surface area contributed by atoms with Gasteiger partial charge in [0.25, 0.3) is 0 Å². The molecule has 0 spiro atoms. The highest BCUT2D eigenvalue weighted by Crippen LogP contribution is 2.36. The van der Waals surface area contributed by atoms with Gasteiger partial charge in [-0.05, 0) is 80.5 Å². The number of fused-ring (bicyclic) bond motifs is 1. The Balaban J connectivity index is 1.55. The number of nitrogens with one attached hydrogen (secondary N) is 1. The van der Waals surface area contributed by atoms with Crippen molar-refractivity contribution in [1.29, 1.82) is 0 Å². The number of aromatic nitrogens is 3. The lowest BCUT2D eigenvalue weighted by Crippen LogP contribution is -2.25. The number of aryl methyl sites for hydroxylation is 4. The minimum Gasteiger partial charge on any atom is -0.365 e. The zero-order valence-corrected chi connectivity index (χ0v) is 19.4. The highest BCUT2D eigenvalue weighted by Gasteiger charge is 2.26. The molecular weight excluding hydrogens is 394 g/mol. The average molecular weight is 426 g/mol. The van der Waals surface area contributed by atoms with E-state index in [0.29, 0.717) is 0 Å². The third kappa shape index (κ3) is 4.07. The van der Waals surface area contributed by atoms with Gasteiger partial charge in [0, 0.05) is 38.2 Å². The molecular formula is C27H31N5. The molecule has 0 aliphatic heterocycles. The van der Waals surface area contributed by atoms with Crippen LogP contribution in [0.2, 0.25) is 0 Å². The second-order valence-electron chi connectivity index (χ2n) is 9.22. The molecule has 1 N–H and O–H groups in total. The van der Waals surface area contributed by atoms with E-state index in [1.54, 1.807) is 0 Å². The van der Waals surface area contributed by atoms with Crippen LogP contribution in [0.5, 0.6) is 0 Å². The highest BCUT2D eigenvalue weighted by molar-refractivity contribution is 5.91. The molecule has 1 saturated carbocycles. The zero-order valence-electron chi connectivity index (χ0n) is 19.4. The lowest BCUT2D eigenvalue weighted by atomic mass is 10.1. The van der Waals surface area contributed by atoms with Crippen molar-refractivity contribution in [3.8, 4) is 0 Å². The van der Waals surface area contributed by atoms with E-state index in [1.165, 1.54) is 46.3 Å². The number of anilines is 3. The van der Waals surface area contributed by atoms with Crippen LogP contribution in [0, 0.1) is 26.7 Å². The van der Waals surface area contributed by atoms with Crippen molar-refractivity contribution >= 4 is 28.4 Å². The molecule has 0 bridgehead atoms. The Kier molecular flexibility index (Phi) is 5.33. The van der Waals surface area contributed by atoms with E-state index in [2.05, 4.69) is 90.1 Å². The summed E-state index contributed by atoms with van der Waals surface area (Å²) in [6, 6.07) is 15.1. The van der Waals surface area contributed by atoms with E-state index in [0.717, 1.165) is 36.2 Å². The van der Waals surface area contributed by atoms with Crippen LogP contribution in [0.3, 0.4) is 0 Å². The summed E-state index contributed by atoms with van der Waals surface area (Å²) in [6.45, 7) is 8.40. The minimum absolute atomic E-state index is 0.788. The zero-order chi connectivity index (χ0) is 22.2. The first-order valence-corrected chi connectivity index (χ1v) is 11.4. The monoisotopic (exact) mass is 425 g/mol. The van der Waals surface area contributed by atoms with E-state index in [9.17, 15) is 0 Å². The third-order valence-corrected chi connectivity index (χ3v) is 6.43. The van der Waals surface area contributed by atoms with Crippen molar-refractivity contribution in [2.75, 3.05) is 16.8 Å². The fraction of sp³-hybridized carbons (Fsp3) is 0.333. The first kappa shape index (κ1) is 20.6. The van der Waals surface area contributed by atoms with Crippen LogP contribution in [0.15, 0.2) is 54.9 Å². The molecule has 2 heterocycles. The molecule has 0 amide bonds. The normalized spacial score (nSPS) is 13.5. The van der Waals surface area contributed by atoms with Gasteiger partial charge in [0.15, 0.2) is 0 Å². The Bertz CT molecular complexity index is 1230. The van der Waals surface area contributed by atoms with Gasteiger partial charge >= 0.3 is 0 Å². The van der Waals surface area contributed by atoms with Gasteiger partial charge in [0.1, 0.15) is 0 Å².